The van der Waals surface area contributed by atoms with E-state index in [4.69, 9.17) is 5.11 Å². The van der Waals surface area contributed by atoms with E-state index in [1.54, 1.807) is 6.92 Å². The van der Waals surface area contributed by atoms with Crippen LogP contribution in [0.3, 0.4) is 0 Å². The molecule has 0 heterocycles. The van der Waals surface area contributed by atoms with Gasteiger partial charge in [-0.2, -0.15) is 0 Å². The smallest absolute Gasteiger partial charge is 0.306 e. The van der Waals surface area contributed by atoms with Crippen LogP contribution in [0.2, 0.25) is 0 Å². The fourth-order valence-corrected chi connectivity index (χ4v) is 2.06. The number of aliphatic carboxylic acids is 1. The number of rotatable bonds is 9. The second-order valence-electron chi connectivity index (χ2n) is 5.41. The molecule has 1 aromatic rings. The zero-order valence-corrected chi connectivity index (χ0v) is 12.2. The highest BCUT2D eigenvalue weighted by Crippen LogP contribution is 2.12. The molecule has 0 amide bonds. The van der Waals surface area contributed by atoms with Crippen LogP contribution in [0, 0.1) is 5.92 Å². The van der Waals surface area contributed by atoms with E-state index in [-0.39, 0.29) is 12.0 Å². The standard InChI is InChI=1S/C16H25NO3/c1-12(16(19)20)7-6-8-13(2)17-11-15(18)14-9-4-3-5-10-14/h3-5,9-10,12-13,15,17-18H,6-8,11H2,1-2H3,(H,19,20). The molecule has 0 aromatic heterocycles. The van der Waals surface area contributed by atoms with Crippen LogP contribution in [0.15, 0.2) is 30.3 Å². The maximum atomic E-state index is 10.7. The molecule has 4 heteroatoms. The van der Waals surface area contributed by atoms with Crippen molar-refractivity contribution in [2.75, 3.05) is 6.54 Å². The molecule has 1 aromatic carbocycles. The van der Waals surface area contributed by atoms with Crippen LogP contribution in [-0.4, -0.2) is 28.8 Å². The summed E-state index contributed by atoms with van der Waals surface area (Å²) in [5.74, 6) is -1.01. The molecule has 0 bridgehead atoms. The normalized spacial score (nSPS) is 15.6. The van der Waals surface area contributed by atoms with Gasteiger partial charge in [-0.05, 0) is 25.3 Å². The second-order valence-corrected chi connectivity index (χ2v) is 5.41. The highest BCUT2D eigenvalue weighted by molar-refractivity contribution is 5.69. The Labute approximate surface area is 120 Å². The Morgan fingerprint density at radius 2 is 1.85 bits per heavy atom. The highest BCUT2D eigenvalue weighted by atomic mass is 16.4. The van der Waals surface area contributed by atoms with Crippen molar-refractivity contribution in [3.05, 3.63) is 35.9 Å². The van der Waals surface area contributed by atoms with Gasteiger partial charge in [-0.1, -0.05) is 43.7 Å². The minimum absolute atomic E-state index is 0.273. The Morgan fingerprint density at radius 3 is 2.45 bits per heavy atom. The average Bonchev–Trinajstić information content (AvgIpc) is 2.45. The van der Waals surface area contributed by atoms with E-state index in [1.165, 1.54) is 0 Å². The monoisotopic (exact) mass is 279 g/mol. The number of carbonyl (C=O) groups is 1. The van der Waals surface area contributed by atoms with Gasteiger partial charge in [0.15, 0.2) is 0 Å². The maximum absolute atomic E-state index is 10.7. The lowest BCUT2D eigenvalue weighted by Crippen LogP contribution is -2.30. The zero-order chi connectivity index (χ0) is 15.0. The molecule has 0 saturated heterocycles. The molecule has 0 spiro atoms. The van der Waals surface area contributed by atoms with Crippen LogP contribution in [0.5, 0.6) is 0 Å². The summed E-state index contributed by atoms with van der Waals surface area (Å²) in [6.07, 6.45) is 1.99. The van der Waals surface area contributed by atoms with Crippen molar-refractivity contribution in [2.45, 2.75) is 45.3 Å². The van der Waals surface area contributed by atoms with Gasteiger partial charge in [0.25, 0.3) is 0 Å². The number of carboxylic acid groups (broad SMARTS) is 1. The van der Waals surface area contributed by atoms with Crippen molar-refractivity contribution in [1.82, 2.24) is 5.32 Å². The summed E-state index contributed by atoms with van der Waals surface area (Å²) in [7, 11) is 0. The summed E-state index contributed by atoms with van der Waals surface area (Å²) < 4.78 is 0. The lowest BCUT2D eigenvalue weighted by Gasteiger charge is -2.17. The first-order valence-electron chi connectivity index (χ1n) is 7.20. The van der Waals surface area contributed by atoms with E-state index in [0.717, 1.165) is 18.4 Å². The number of aliphatic hydroxyl groups is 1. The summed E-state index contributed by atoms with van der Waals surface area (Å²) in [6, 6.07) is 9.84. The Balaban J connectivity index is 2.20. The van der Waals surface area contributed by atoms with Gasteiger partial charge in [-0.25, -0.2) is 0 Å². The van der Waals surface area contributed by atoms with Crippen LogP contribution < -0.4 is 5.32 Å². The predicted molar refractivity (Wildman–Crippen MR) is 79.5 cm³/mol. The predicted octanol–water partition coefficient (Wildman–Crippen LogP) is 2.59. The van der Waals surface area contributed by atoms with Gasteiger partial charge in [0.2, 0.25) is 0 Å². The summed E-state index contributed by atoms with van der Waals surface area (Å²) in [5.41, 5.74) is 0.909. The van der Waals surface area contributed by atoms with E-state index in [1.807, 2.05) is 30.3 Å². The molecular weight excluding hydrogens is 254 g/mol. The molecule has 0 aliphatic rings. The van der Waals surface area contributed by atoms with Crippen LogP contribution in [0.4, 0.5) is 0 Å². The van der Waals surface area contributed by atoms with Gasteiger partial charge >= 0.3 is 5.97 Å². The molecule has 0 aliphatic heterocycles. The molecule has 3 N–H and O–H groups in total. The van der Waals surface area contributed by atoms with Gasteiger partial charge in [0, 0.05) is 12.6 Å². The summed E-state index contributed by atoms with van der Waals surface area (Å²) in [6.45, 7) is 4.31. The van der Waals surface area contributed by atoms with Crippen molar-refractivity contribution >= 4 is 5.97 Å². The molecule has 0 radical (unpaired) electrons. The summed E-state index contributed by atoms with van der Waals surface area (Å²) >= 11 is 0. The first kappa shape index (κ1) is 16.7. The van der Waals surface area contributed by atoms with Crippen molar-refractivity contribution in [2.24, 2.45) is 5.92 Å². The minimum Gasteiger partial charge on any atom is -0.481 e. The zero-order valence-electron chi connectivity index (χ0n) is 12.2. The Hall–Kier alpha value is -1.39. The van der Waals surface area contributed by atoms with Crippen molar-refractivity contribution in [1.29, 1.82) is 0 Å². The first-order valence-corrected chi connectivity index (χ1v) is 7.20. The third kappa shape index (κ3) is 6.17. The average molecular weight is 279 g/mol. The molecule has 1 rings (SSSR count). The fourth-order valence-electron chi connectivity index (χ4n) is 2.06. The molecular formula is C16H25NO3. The van der Waals surface area contributed by atoms with Gasteiger partial charge in [-0.3, -0.25) is 4.79 Å². The molecule has 0 aliphatic carbocycles. The number of hydrogen-bond donors (Lipinski definition) is 3. The quantitative estimate of drug-likeness (QED) is 0.650. The maximum Gasteiger partial charge on any atom is 0.306 e. The van der Waals surface area contributed by atoms with Crippen LogP contribution in [0.1, 0.15) is 44.8 Å². The van der Waals surface area contributed by atoms with Crippen molar-refractivity contribution in [3.63, 3.8) is 0 Å². The first-order chi connectivity index (χ1) is 9.50. The second kappa shape index (κ2) is 8.72. The number of carboxylic acids is 1. The molecule has 3 unspecified atom stereocenters. The molecule has 4 nitrogen and oxygen atoms in total. The van der Waals surface area contributed by atoms with Gasteiger partial charge in [0.05, 0.1) is 12.0 Å². The number of aliphatic hydroxyl groups excluding tert-OH is 1. The Kier molecular flexibility index (Phi) is 7.26. The molecule has 0 saturated carbocycles. The van der Waals surface area contributed by atoms with Crippen LogP contribution >= 0.6 is 0 Å². The third-order valence-electron chi connectivity index (χ3n) is 3.54. The Morgan fingerprint density at radius 1 is 1.20 bits per heavy atom. The van der Waals surface area contributed by atoms with E-state index in [0.29, 0.717) is 13.0 Å². The van der Waals surface area contributed by atoms with Crippen LogP contribution in [0.25, 0.3) is 0 Å². The fraction of sp³-hybridized carbons (Fsp3) is 0.562. The van der Waals surface area contributed by atoms with E-state index >= 15 is 0 Å². The number of hydrogen-bond acceptors (Lipinski definition) is 3. The molecule has 3 atom stereocenters. The van der Waals surface area contributed by atoms with Gasteiger partial charge in [0.1, 0.15) is 0 Å². The van der Waals surface area contributed by atoms with Crippen molar-refractivity contribution in [3.8, 4) is 0 Å². The summed E-state index contributed by atoms with van der Waals surface area (Å²) in [4.78, 5) is 10.7. The largest absolute Gasteiger partial charge is 0.481 e. The SMILES string of the molecule is CC(CCCC(C)C(=O)O)NCC(O)c1ccccc1. The molecule has 20 heavy (non-hydrogen) atoms. The lowest BCUT2D eigenvalue weighted by molar-refractivity contribution is -0.141. The highest BCUT2D eigenvalue weighted by Gasteiger charge is 2.12. The van der Waals surface area contributed by atoms with E-state index in [2.05, 4.69) is 12.2 Å². The number of nitrogens with one attached hydrogen (secondary N) is 1. The third-order valence-corrected chi connectivity index (χ3v) is 3.54. The van der Waals surface area contributed by atoms with Gasteiger partial charge < -0.3 is 15.5 Å². The number of benzene rings is 1. The van der Waals surface area contributed by atoms with E-state index in [9.17, 15) is 9.90 Å². The minimum atomic E-state index is -0.731. The molecule has 112 valence electrons. The topological polar surface area (TPSA) is 69.6 Å². The molecule has 0 fully saturated rings. The Bertz CT molecular complexity index is 394. The van der Waals surface area contributed by atoms with Crippen LogP contribution in [-0.2, 0) is 4.79 Å². The summed E-state index contributed by atoms with van der Waals surface area (Å²) in [5, 5.41) is 22.1. The van der Waals surface area contributed by atoms with Gasteiger partial charge in [-0.15, -0.1) is 0 Å². The van der Waals surface area contributed by atoms with Crippen molar-refractivity contribution < 1.29 is 15.0 Å². The lowest BCUT2D eigenvalue weighted by atomic mass is 10.0. The van der Waals surface area contributed by atoms with E-state index < -0.39 is 12.1 Å².